The van der Waals surface area contributed by atoms with Crippen LogP contribution in [-0.2, 0) is 14.8 Å². The fraction of sp³-hybridized carbons (Fsp3) is 0.409. The topological polar surface area (TPSA) is 75.7 Å². The van der Waals surface area contributed by atoms with Gasteiger partial charge in [-0.15, -0.1) is 0 Å². The molecule has 6 nitrogen and oxygen atoms in total. The van der Waals surface area contributed by atoms with Gasteiger partial charge in [0, 0.05) is 0 Å². The van der Waals surface area contributed by atoms with Crippen molar-refractivity contribution in [3.8, 4) is 5.75 Å². The van der Waals surface area contributed by atoms with Crippen LogP contribution in [-0.4, -0.2) is 34.2 Å². The van der Waals surface area contributed by atoms with Gasteiger partial charge >= 0.3 is 0 Å². The molecule has 158 valence electrons. The molecule has 0 aliphatic carbocycles. The Balaban J connectivity index is 2.22. The highest BCUT2D eigenvalue weighted by molar-refractivity contribution is 7.92. The van der Waals surface area contributed by atoms with Crippen LogP contribution in [0.5, 0.6) is 5.75 Å². The normalized spacial score (nSPS) is 12.5. The smallest absolute Gasteiger partial charge is 0.241 e. The van der Waals surface area contributed by atoms with Crippen LogP contribution in [0.2, 0.25) is 0 Å². The van der Waals surface area contributed by atoms with Gasteiger partial charge in [0.2, 0.25) is 15.9 Å². The highest BCUT2D eigenvalue weighted by atomic mass is 32.2. The van der Waals surface area contributed by atoms with E-state index in [0.29, 0.717) is 11.6 Å². The van der Waals surface area contributed by atoms with E-state index in [2.05, 4.69) is 19.2 Å². The maximum absolute atomic E-state index is 12.8. The van der Waals surface area contributed by atoms with Crippen molar-refractivity contribution in [2.75, 3.05) is 24.2 Å². The molecule has 0 radical (unpaired) electrons. The quantitative estimate of drug-likeness (QED) is 0.674. The summed E-state index contributed by atoms with van der Waals surface area (Å²) in [5.41, 5.74) is 2.36. The van der Waals surface area contributed by atoms with Crippen molar-refractivity contribution in [3.05, 3.63) is 59.7 Å². The van der Waals surface area contributed by atoms with Crippen LogP contribution in [0.1, 0.15) is 37.4 Å². The van der Waals surface area contributed by atoms with E-state index in [4.69, 9.17) is 4.74 Å². The van der Waals surface area contributed by atoms with Crippen LogP contribution in [0.4, 0.5) is 5.69 Å². The number of amides is 1. The number of hydrogen-bond donors (Lipinski definition) is 1. The average molecular weight is 419 g/mol. The Morgan fingerprint density at radius 3 is 2.31 bits per heavy atom. The summed E-state index contributed by atoms with van der Waals surface area (Å²) < 4.78 is 31.0. The Bertz CT molecular complexity index is 924. The van der Waals surface area contributed by atoms with E-state index in [1.165, 1.54) is 0 Å². The van der Waals surface area contributed by atoms with Crippen molar-refractivity contribution in [1.82, 2.24) is 5.32 Å². The molecule has 29 heavy (non-hydrogen) atoms. The number of rotatable bonds is 9. The second kappa shape index (κ2) is 9.78. The molecule has 2 aromatic carbocycles. The van der Waals surface area contributed by atoms with E-state index in [1.54, 1.807) is 25.3 Å². The molecule has 7 heteroatoms. The molecule has 0 saturated heterocycles. The molecule has 2 rings (SSSR count). The number of nitrogens with one attached hydrogen (secondary N) is 1. The number of ether oxygens (including phenoxy) is 1. The highest BCUT2D eigenvalue weighted by Crippen LogP contribution is 2.24. The van der Waals surface area contributed by atoms with Crippen molar-refractivity contribution in [2.45, 2.75) is 33.2 Å². The second-order valence-electron chi connectivity index (χ2n) is 7.63. The van der Waals surface area contributed by atoms with Gasteiger partial charge in [0.15, 0.2) is 0 Å². The van der Waals surface area contributed by atoms with Gasteiger partial charge in [-0.3, -0.25) is 9.10 Å². The van der Waals surface area contributed by atoms with E-state index >= 15 is 0 Å². The molecule has 0 fully saturated rings. The Morgan fingerprint density at radius 2 is 1.79 bits per heavy atom. The fourth-order valence-electron chi connectivity index (χ4n) is 3.14. The summed E-state index contributed by atoms with van der Waals surface area (Å²) in [4.78, 5) is 12.8. The van der Waals surface area contributed by atoms with E-state index in [0.717, 1.165) is 33.9 Å². The van der Waals surface area contributed by atoms with Crippen LogP contribution in [0.25, 0.3) is 0 Å². The molecule has 1 atom stereocenters. The number of anilines is 1. The Hall–Kier alpha value is -2.54. The minimum Gasteiger partial charge on any atom is -0.497 e. The first-order valence-corrected chi connectivity index (χ1v) is 11.4. The van der Waals surface area contributed by atoms with Crippen LogP contribution in [0.3, 0.4) is 0 Å². The first kappa shape index (κ1) is 22.7. The number of benzene rings is 2. The van der Waals surface area contributed by atoms with Crippen molar-refractivity contribution in [1.29, 1.82) is 0 Å². The third kappa shape index (κ3) is 6.78. The number of hydrogen-bond acceptors (Lipinski definition) is 4. The van der Waals surface area contributed by atoms with E-state index in [1.807, 2.05) is 37.3 Å². The zero-order valence-electron chi connectivity index (χ0n) is 17.7. The van der Waals surface area contributed by atoms with Gasteiger partial charge < -0.3 is 10.1 Å². The zero-order chi connectivity index (χ0) is 21.6. The highest BCUT2D eigenvalue weighted by Gasteiger charge is 2.23. The summed E-state index contributed by atoms with van der Waals surface area (Å²) in [5.74, 6) is 0.745. The number of nitrogens with zero attached hydrogens (tertiary/aromatic N) is 1. The Labute approximate surface area is 173 Å². The van der Waals surface area contributed by atoms with Crippen LogP contribution in [0.15, 0.2) is 48.5 Å². The van der Waals surface area contributed by atoms with Gasteiger partial charge in [-0.25, -0.2) is 8.42 Å². The standard InChI is InChI=1S/C22H30N2O4S/c1-16(2)13-21(18-9-11-20(28-4)12-10-18)23-22(25)15-24(29(5,26)27)19-8-6-7-17(3)14-19/h6-12,14,16,21H,13,15H2,1-5H3,(H,23,25)/t21-/m1/s1. The van der Waals surface area contributed by atoms with Crippen molar-refractivity contribution in [2.24, 2.45) is 5.92 Å². The first-order valence-electron chi connectivity index (χ1n) is 9.58. The first-order chi connectivity index (χ1) is 13.6. The third-order valence-electron chi connectivity index (χ3n) is 4.54. The summed E-state index contributed by atoms with van der Waals surface area (Å²) in [6, 6.07) is 14.4. The lowest BCUT2D eigenvalue weighted by molar-refractivity contribution is -0.120. The largest absolute Gasteiger partial charge is 0.497 e. The van der Waals surface area contributed by atoms with E-state index in [9.17, 15) is 13.2 Å². The van der Waals surface area contributed by atoms with Crippen LogP contribution >= 0.6 is 0 Å². The molecule has 1 N–H and O–H groups in total. The molecule has 0 aliphatic heterocycles. The van der Waals surface area contributed by atoms with E-state index < -0.39 is 10.0 Å². The molecule has 0 spiro atoms. The molecule has 0 bridgehead atoms. The fourth-order valence-corrected chi connectivity index (χ4v) is 3.99. The predicted octanol–water partition coefficient (Wildman–Crippen LogP) is 3.67. The molecule has 0 aromatic heterocycles. The van der Waals surface area contributed by atoms with Gasteiger partial charge in [-0.2, -0.15) is 0 Å². The lowest BCUT2D eigenvalue weighted by Crippen LogP contribution is -2.41. The van der Waals surface area contributed by atoms with Gasteiger partial charge in [0.25, 0.3) is 0 Å². The minimum atomic E-state index is -3.61. The van der Waals surface area contributed by atoms with Gasteiger partial charge in [-0.05, 0) is 54.7 Å². The molecule has 0 aliphatic rings. The Morgan fingerprint density at radius 1 is 1.14 bits per heavy atom. The summed E-state index contributed by atoms with van der Waals surface area (Å²) in [5, 5.41) is 3.00. The van der Waals surface area contributed by atoms with Gasteiger partial charge in [0.05, 0.1) is 25.1 Å². The van der Waals surface area contributed by atoms with Crippen molar-refractivity contribution < 1.29 is 17.9 Å². The van der Waals surface area contributed by atoms with E-state index in [-0.39, 0.29) is 18.5 Å². The summed E-state index contributed by atoms with van der Waals surface area (Å²) in [7, 11) is -2.00. The van der Waals surface area contributed by atoms with Crippen molar-refractivity contribution >= 4 is 21.6 Å². The average Bonchev–Trinajstić information content (AvgIpc) is 2.64. The molecular weight excluding hydrogens is 388 g/mol. The molecule has 0 saturated carbocycles. The SMILES string of the molecule is COc1ccc([C@@H](CC(C)C)NC(=O)CN(c2cccc(C)c2)S(C)(=O)=O)cc1. The number of carbonyl (C=O) groups excluding carboxylic acids is 1. The van der Waals surface area contributed by atoms with Crippen LogP contribution in [0, 0.1) is 12.8 Å². The maximum atomic E-state index is 12.8. The predicted molar refractivity (Wildman–Crippen MR) is 117 cm³/mol. The summed E-state index contributed by atoms with van der Waals surface area (Å²) in [6.45, 7) is 5.77. The van der Waals surface area contributed by atoms with Crippen molar-refractivity contribution in [3.63, 3.8) is 0 Å². The Kier molecular flexibility index (Phi) is 7.67. The number of sulfonamides is 1. The molecular formula is C22H30N2O4S. The molecule has 0 heterocycles. The summed E-state index contributed by atoms with van der Waals surface area (Å²) >= 11 is 0. The number of methoxy groups -OCH3 is 1. The second-order valence-corrected chi connectivity index (χ2v) is 9.54. The van der Waals surface area contributed by atoms with Crippen LogP contribution < -0.4 is 14.4 Å². The zero-order valence-corrected chi connectivity index (χ0v) is 18.5. The minimum absolute atomic E-state index is 0.215. The van der Waals surface area contributed by atoms with Gasteiger partial charge in [0.1, 0.15) is 12.3 Å². The lowest BCUT2D eigenvalue weighted by Gasteiger charge is -2.25. The molecule has 2 aromatic rings. The third-order valence-corrected chi connectivity index (χ3v) is 5.68. The molecule has 0 unspecified atom stereocenters. The monoisotopic (exact) mass is 418 g/mol. The maximum Gasteiger partial charge on any atom is 0.241 e. The number of aryl methyl sites for hydroxylation is 1. The lowest BCUT2D eigenvalue weighted by atomic mass is 9.97. The van der Waals surface area contributed by atoms with Gasteiger partial charge in [-0.1, -0.05) is 38.1 Å². The number of carbonyl (C=O) groups is 1. The molecule has 1 amide bonds. The summed E-state index contributed by atoms with van der Waals surface area (Å²) in [6.07, 6.45) is 1.85.